The van der Waals surface area contributed by atoms with Crippen LogP contribution in [0.4, 0.5) is 5.69 Å². The van der Waals surface area contributed by atoms with Crippen LogP contribution in [0.15, 0.2) is 34.6 Å². The van der Waals surface area contributed by atoms with Crippen molar-refractivity contribution in [2.24, 2.45) is 7.05 Å². The number of hydrogen-bond donors (Lipinski definition) is 1. The second-order valence-electron chi connectivity index (χ2n) is 8.59. The Bertz CT molecular complexity index is 1300. The summed E-state index contributed by atoms with van der Waals surface area (Å²) < 4.78 is 12.5. The second-order valence-corrected chi connectivity index (χ2v) is 8.59. The minimum atomic E-state index is -0.275. The molecule has 1 aliphatic heterocycles. The number of nitrogens with one attached hydrogen (secondary N) is 1. The van der Waals surface area contributed by atoms with Gasteiger partial charge in [-0.2, -0.15) is 5.10 Å². The van der Waals surface area contributed by atoms with Crippen molar-refractivity contribution in [3.63, 3.8) is 0 Å². The minimum absolute atomic E-state index is 0.220. The van der Waals surface area contributed by atoms with Crippen molar-refractivity contribution in [3.8, 4) is 17.1 Å². The molecule has 35 heavy (non-hydrogen) atoms. The van der Waals surface area contributed by atoms with Gasteiger partial charge in [0.1, 0.15) is 17.1 Å². The van der Waals surface area contributed by atoms with Gasteiger partial charge in [0.05, 0.1) is 24.5 Å². The number of anilines is 1. The summed E-state index contributed by atoms with van der Waals surface area (Å²) in [6.07, 6.45) is 4.87. The van der Waals surface area contributed by atoms with Gasteiger partial charge in [0.15, 0.2) is 5.52 Å². The van der Waals surface area contributed by atoms with Crippen LogP contribution in [0.5, 0.6) is 5.75 Å². The molecular formula is C26H33N5O4. The molecule has 0 unspecified atom stereocenters. The van der Waals surface area contributed by atoms with E-state index in [-0.39, 0.29) is 11.5 Å². The van der Waals surface area contributed by atoms with Gasteiger partial charge in [-0.3, -0.25) is 9.48 Å². The number of piperidine rings is 1. The predicted octanol–water partition coefficient (Wildman–Crippen LogP) is 3.76. The first-order valence-electron chi connectivity index (χ1n) is 12.3. The first-order valence-corrected chi connectivity index (χ1v) is 12.3. The number of H-pyrrole nitrogens is 1. The van der Waals surface area contributed by atoms with E-state index >= 15 is 0 Å². The molecule has 3 aromatic rings. The number of hydrogen-bond acceptors (Lipinski definition) is 7. The number of fused-ring (bicyclic) bond motifs is 1. The van der Waals surface area contributed by atoms with Gasteiger partial charge >= 0.3 is 5.97 Å². The molecule has 0 aliphatic carbocycles. The zero-order valence-electron chi connectivity index (χ0n) is 20.9. The lowest BCUT2D eigenvalue weighted by molar-refractivity contribution is -0.137. The average molecular weight is 480 g/mol. The van der Waals surface area contributed by atoms with E-state index in [9.17, 15) is 9.59 Å². The molecule has 0 atom stereocenters. The van der Waals surface area contributed by atoms with Crippen molar-refractivity contribution in [3.05, 3.63) is 45.9 Å². The number of esters is 1. The summed E-state index contributed by atoms with van der Waals surface area (Å²) in [6.45, 7) is 8.26. The summed E-state index contributed by atoms with van der Waals surface area (Å²) in [5.74, 6) is 0.861. The van der Waals surface area contributed by atoms with Crippen LogP contribution in [0.3, 0.4) is 0 Å². The molecular weight excluding hydrogens is 446 g/mol. The third-order valence-corrected chi connectivity index (χ3v) is 6.15. The maximum Gasteiger partial charge on any atom is 0.330 e. The van der Waals surface area contributed by atoms with Crippen LogP contribution in [0.1, 0.15) is 45.7 Å². The van der Waals surface area contributed by atoms with E-state index in [0.29, 0.717) is 35.8 Å². The number of aromatic nitrogens is 4. The number of ether oxygens (including phenoxy) is 2. The first kappa shape index (κ1) is 24.5. The molecule has 4 rings (SSSR count). The lowest BCUT2D eigenvalue weighted by atomic mass is 10.0. The highest BCUT2D eigenvalue weighted by atomic mass is 16.5. The fourth-order valence-corrected chi connectivity index (χ4v) is 4.51. The molecule has 0 amide bonds. The maximum absolute atomic E-state index is 13.0. The van der Waals surface area contributed by atoms with Crippen LogP contribution >= 0.6 is 0 Å². The third-order valence-electron chi connectivity index (χ3n) is 6.15. The summed E-state index contributed by atoms with van der Waals surface area (Å²) in [4.78, 5) is 34.8. The van der Waals surface area contributed by atoms with Crippen LogP contribution in [0.25, 0.3) is 22.4 Å². The van der Waals surface area contributed by atoms with Crippen molar-refractivity contribution in [1.29, 1.82) is 0 Å². The number of aromatic amines is 1. The summed E-state index contributed by atoms with van der Waals surface area (Å²) in [5, 5.41) is 4.52. The number of rotatable bonds is 8. The maximum atomic E-state index is 13.0. The van der Waals surface area contributed by atoms with Gasteiger partial charge in [-0.05, 0) is 51.3 Å². The van der Waals surface area contributed by atoms with Crippen LogP contribution in [-0.4, -0.2) is 52.0 Å². The van der Waals surface area contributed by atoms with E-state index in [2.05, 4.69) is 21.9 Å². The zero-order chi connectivity index (χ0) is 24.9. The van der Waals surface area contributed by atoms with E-state index in [1.165, 1.54) is 0 Å². The lowest BCUT2D eigenvalue weighted by Gasteiger charge is -2.31. The molecule has 3 heterocycles. The molecule has 186 valence electrons. The minimum Gasteiger partial charge on any atom is -0.493 e. The summed E-state index contributed by atoms with van der Waals surface area (Å²) in [6, 6.07) is 5.97. The van der Waals surface area contributed by atoms with Crippen molar-refractivity contribution < 1.29 is 14.3 Å². The van der Waals surface area contributed by atoms with Crippen LogP contribution in [0.2, 0.25) is 0 Å². The zero-order valence-corrected chi connectivity index (χ0v) is 20.9. The molecule has 0 spiro atoms. The van der Waals surface area contributed by atoms with E-state index in [1.54, 1.807) is 24.7 Å². The Labute approximate surface area is 204 Å². The van der Waals surface area contributed by atoms with Gasteiger partial charge < -0.3 is 19.4 Å². The Kier molecular flexibility index (Phi) is 7.53. The Morgan fingerprint density at radius 1 is 1.17 bits per heavy atom. The highest BCUT2D eigenvalue weighted by molar-refractivity contribution is 5.83. The SMILES string of the molecule is CCCc1nn(C)c2c(=O)[nH]c(-c3cc(N4CCC(=CC(=O)OCC)CC4)ccc3OCC)nc12. The number of carbonyl (C=O) groups excluding carboxylic acids is 1. The van der Waals surface area contributed by atoms with Gasteiger partial charge in [-0.1, -0.05) is 18.9 Å². The van der Waals surface area contributed by atoms with Crippen molar-refractivity contribution in [2.45, 2.75) is 46.5 Å². The normalized spacial score (nSPS) is 13.8. The summed E-state index contributed by atoms with van der Waals surface area (Å²) >= 11 is 0. The van der Waals surface area contributed by atoms with Crippen molar-refractivity contribution in [2.75, 3.05) is 31.2 Å². The van der Waals surface area contributed by atoms with Crippen LogP contribution in [0, 0.1) is 0 Å². The van der Waals surface area contributed by atoms with Gasteiger partial charge in [0, 0.05) is 31.9 Å². The smallest absolute Gasteiger partial charge is 0.330 e. The van der Waals surface area contributed by atoms with Crippen LogP contribution < -0.4 is 15.2 Å². The number of carbonyl (C=O) groups is 1. The summed E-state index contributed by atoms with van der Waals surface area (Å²) in [5.41, 5.74) is 4.56. The van der Waals surface area contributed by atoms with Gasteiger partial charge in [0.2, 0.25) is 0 Å². The number of nitrogens with zero attached hydrogens (tertiary/aromatic N) is 4. The number of benzene rings is 1. The molecule has 1 N–H and O–H groups in total. The molecule has 1 fully saturated rings. The Balaban J connectivity index is 1.68. The molecule has 0 saturated carbocycles. The van der Waals surface area contributed by atoms with Gasteiger partial charge in [-0.25, -0.2) is 9.78 Å². The average Bonchev–Trinajstić information content (AvgIpc) is 3.16. The molecule has 1 aromatic carbocycles. The molecule has 9 nitrogen and oxygen atoms in total. The van der Waals surface area contributed by atoms with Crippen LogP contribution in [-0.2, 0) is 23.0 Å². The Hall–Kier alpha value is -3.62. The Morgan fingerprint density at radius 3 is 2.63 bits per heavy atom. The monoisotopic (exact) mass is 479 g/mol. The van der Waals surface area contributed by atoms with Crippen molar-refractivity contribution in [1.82, 2.24) is 19.7 Å². The topological polar surface area (TPSA) is 102 Å². The molecule has 0 radical (unpaired) electrons. The van der Waals surface area contributed by atoms with Gasteiger partial charge in [-0.15, -0.1) is 0 Å². The largest absolute Gasteiger partial charge is 0.493 e. The highest BCUT2D eigenvalue weighted by Crippen LogP contribution is 2.34. The van der Waals surface area contributed by atoms with E-state index in [1.807, 2.05) is 25.1 Å². The fourth-order valence-electron chi connectivity index (χ4n) is 4.51. The quantitative estimate of drug-likeness (QED) is 0.388. The molecule has 2 aromatic heterocycles. The Morgan fingerprint density at radius 2 is 1.94 bits per heavy atom. The molecule has 1 aliphatic rings. The van der Waals surface area contributed by atoms with E-state index in [0.717, 1.165) is 61.3 Å². The molecule has 0 bridgehead atoms. The standard InChI is InChI=1S/C26H33N5O4/c1-5-8-20-23-24(30(4)29-20)26(33)28-25(27-23)19-16-18(9-10-21(19)34-6-2)31-13-11-17(12-14-31)15-22(32)35-7-3/h9-10,15-16H,5-8,11-14H2,1-4H3,(H,27,28,33). The lowest BCUT2D eigenvalue weighted by Crippen LogP contribution is -2.30. The second kappa shape index (κ2) is 10.8. The molecule has 1 saturated heterocycles. The first-order chi connectivity index (χ1) is 16.9. The van der Waals surface area contributed by atoms with E-state index in [4.69, 9.17) is 14.5 Å². The fraction of sp³-hybridized carbons (Fsp3) is 0.462. The highest BCUT2D eigenvalue weighted by Gasteiger charge is 2.20. The van der Waals surface area contributed by atoms with Crippen molar-refractivity contribution >= 4 is 22.7 Å². The van der Waals surface area contributed by atoms with E-state index < -0.39 is 0 Å². The molecule has 9 heteroatoms. The predicted molar refractivity (Wildman–Crippen MR) is 136 cm³/mol. The third kappa shape index (κ3) is 5.23. The van der Waals surface area contributed by atoms with Gasteiger partial charge in [0.25, 0.3) is 5.56 Å². The summed E-state index contributed by atoms with van der Waals surface area (Å²) in [7, 11) is 1.77. The number of aryl methyl sites for hydroxylation is 2.